The Morgan fingerprint density at radius 3 is 2.33 bits per heavy atom. The van der Waals surface area contributed by atoms with Gasteiger partial charge in [-0.15, -0.1) is 0 Å². The van der Waals surface area contributed by atoms with E-state index in [9.17, 15) is 0 Å². The van der Waals surface area contributed by atoms with E-state index in [1.165, 1.54) is 11.1 Å². The smallest absolute Gasteiger partial charge is 0.169 e. The normalized spacial score (nSPS) is 14.5. The maximum atomic E-state index is 2.17. The van der Waals surface area contributed by atoms with Crippen molar-refractivity contribution in [3.63, 3.8) is 0 Å². The number of hydrogen-bond acceptors (Lipinski definition) is 1. The van der Waals surface area contributed by atoms with Crippen molar-refractivity contribution in [2.45, 2.75) is 0 Å². The van der Waals surface area contributed by atoms with E-state index in [4.69, 9.17) is 0 Å². The molecule has 76 valence electrons. The molecule has 0 N–H and O–H groups in total. The highest BCUT2D eigenvalue weighted by Gasteiger charge is 1.97. The van der Waals surface area contributed by atoms with E-state index in [2.05, 4.69) is 55.2 Å². The Kier molecular flexibility index (Phi) is 2.68. The van der Waals surface area contributed by atoms with Gasteiger partial charge in [0.1, 0.15) is 7.05 Å². The molecule has 0 aliphatic carbocycles. The van der Waals surface area contributed by atoms with E-state index in [0.29, 0.717) is 0 Å². The van der Waals surface area contributed by atoms with E-state index >= 15 is 0 Å². The Morgan fingerprint density at radius 1 is 1.13 bits per heavy atom. The molecule has 0 saturated heterocycles. The van der Waals surface area contributed by atoms with Crippen molar-refractivity contribution >= 4 is 6.08 Å². The molecule has 0 spiro atoms. The zero-order valence-electron chi connectivity index (χ0n) is 9.09. The number of nitrogens with zero attached hydrogens (tertiary/aromatic N) is 2. The number of aryl methyl sites for hydroxylation is 1. The van der Waals surface area contributed by atoms with Gasteiger partial charge in [-0.3, -0.25) is 0 Å². The minimum atomic E-state index is 1.22. The lowest BCUT2D eigenvalue weighted by Crippen LogP contribution is -2.25. The fourth-order valence-electron chi connectivity index (χ4n) is 1.41. The average molecular weight is 199 g/mol. The Bertz CT molecular complexity index is 408. The minimum Gasteiger partial charge on any atom is -0.357 e. The molecule has 1 aromatic rings. The fraction of sp³-hybridized carbons (Fsp3) is 0.154. The van der Waals surface area contributed by atoms with Gasteiger partial charge >= 0.3 is 0 Å². The van der Waals surface area contributed by atoms with Crippen LogP contribution in [0.25, 0.3) is 6.08 Å². The van der Waals surface area contributed by atoms with Crippen molar-refractivity contribution in [3.05, 3.63) is 60.2 Å². The van der Waals surface area contributed by atoms with E-state index in [1.807, 2.05) is 23.6 Å². The molecule has 0 radical (unpaired) electrons. The number of pyridine rings is 1. The van der Waals surface area contributed by atoms with Gasteiger partial charge in [-0.2, -0.15) is 0 Å². The molecule has 1 aliphatic heterocycles. The lowest BCUT2D eigenvalue weighted by atomic mass is 10.1. The van der Waals surface area contributed by atoms with Gasteiger partial charge in [0.25, 0.3) is 0 Å². The van der Waals surface area contributed by atoms with Crippen LogP contribution < -0.4 is 4.57 Å². The number of allylic oxidation sites excluding steroid dienone is 3. The first-order valence-electron chi connectivity index (χ1n) is 4.99. The Morgan fingerprint density at radius 2 is 1.73 bits per heavy atom. The van der Waals surface area contributed by atoms with Crippen molar-refractivity contribution < 1.29 is 4.57 Å². The van der Waals surface area contributed by atoms with Crippen LogP contribution in [0.2, 0.25) is 0 Å². The third kappa shape index (κ3) is 2.56. The van der Waals surface area contributed by atoms with Gasteiger partial charge in [0.05, 0.1) is 0 Å². The first kappa shape index (κ1) is 9.71. The fourth-order valence-corrected chi connectivity index (χ4v) is 1.41. The second-order valence-electron chi connectivity index (χ2n) is 3.74. The van der Waals surface area contributed by atoms with Crippen molar-refractivity contribution in [1.82, 2.24) is 4.90 Å². The summed E-state index contributed by atoms with van der Waals surface area (Å²) in [7, 11) is 4.04. The molecule has 2 rings (SSSR count). The Hall–Kier alpha value is -1.83. The molecule has 0 saturated carbocycles. The molecule has 2 nitrogen and oxygen atoms in total. The first-order valence-corrected chi connectivity index (χ1v) is 4.99. The molecule has 15 heavy (non-hydrogen) atoms. The van der Waals surface area contributed by atoms with Crippen LogP contribution >= 0.6 is 0 Å². The molecule has 0 amide bonds. The van der Waals surface area contributed by atoms with Crippen LogP contribution in [0.1, 0.15) is 5.56 Å². The van der Waals surface area contributed by atoms with E-state index < -0.39 is 0 Å². The summed E-state index contributed by atoms with van der Waals surface area (Å²) >= 11 is 0. The molecule has 0 bridgehead atoms. The van der Waals surface area contributed by atoms with Crippen LogP contribution in [0.15, 0.2) is 54.7 Å². The van der Waals surface area contributed by atoms with Crippen molar-refractivity contribution in [1.29, 1.82) is 0 Å². The summed E-state index contributed by atoms with van der Waals surface area (Å²) in [6.45, 7) is 0. The Labute approximate surface area is 90.5 Å². The van der Waals surface area contributed by atoms with Gasteiger partial charge in [0.2, 0.25) is 0 Å². The Balaban J connectivity index is 2.20. The van der Waals surface area contributed by atoms with Crippen LogP contribution in [-0.2, 0) is 7.05 Å². The lowest BCUT2D eigenvalue weighted by molar-refractivity contribution is -0.671. The zero-order chi connectivity index (χ0) is 10.7. The second kappa shape index (κ2) is 4.13. The van der Waals surface area contributed by atoms with E-state index in [0.717, 1.165) is 0 Å². The number of aromatic nitrogens is 1. The zero-order valence-corrected chi connectivity index (χ0v) is 9.09. The van der Waals surface area contributed by atoms with Crippen LogP contribution in [-0.4, -0.2) is 11.9 Å². The van der Waals surface area contributed by atoms with Crippen molar-refractivity contribution in [2.24, 2.45) is 7.05 Å². The quantitative estimate of drug-likeness (QED) is 0.626. The van der Waals surface area contributed by atoms with Gasteiger partial charge < -0.3 is 4.90 Å². The van der Waals surface area contributed by atoms with Crippen LogP contribution in [0.4, 0.5) is 0 Å². The summed E-state index contributed by atoms with van der Waals surface area (Å²) in [5.74, 6) is 0. The highest BCUT2D eigenvalue weighted by atomic mass is 15.0. The number of rotatable bonds is 1. The molecule has 2 heterocycles. The minimum absolute atomic E-state index is 1.22. The second-order valence-corrected chi connectivity index (χ2v) is 3.74. The summed E-state index contributed by atoms with van der Waals surface area (Å²) in [4.78, 5) is 2.03. The summed E-state index contributed by atoms with van der Waals surface area (Å²) in [6.07, 6.45) is 14.6. The standard InChI is InChI=1S/C13H15N2/c1-14-7-3-12(4-8-14)11-13-5-9-15(2)10-6-13/h3-11H,1-2H3/q+1. The molecule has 0 fully saturated rings. The SMILES string of the molecule is CN1C=CC(=Cc2cc[n+](C)cc2)C=C1. The highest BCUT2D eigenvalue weighted by Crippen LogP contribution is 2.11. The predicted octanol–water partition coefficient (Wildman–Crippen LogP) is 1.87. The molecule has 0 aromatic carbocycles. The molecule has 1 aromatic heterocycles. The first-order chi connectivity index (χ1) is 7.24. The van der Waals surface area contributed by atoms with Crippen LogP contribution in [0.3, 0.4) is 0 Å². The number of hydrogen-bond donors (Lipinski definition) is 0. The maximum Gasteiger partial charge on any atom is 0.169 e. The van der Waals surface area contributed by atoms with Gasteiger partial charge in [-0.1, -0.05) is 0 Å². The van der Waals surface area contributed by atoms with E-state index in [1.54, 1.807) is 0 Å². The van der Waals surface area contributed by atoms with Gasteiger partial charge in [0.15, 0.2) is 12.4 Å². The van der Waals surface area contributed by atoms with Gasteiger partial charge in [-0.05, 0) is 29.4 Å². The molecule has 1 aliphatic rings. The maximum absolute atomic E-state index is 2.17. The summed E-state index contributed by atoms with van der Waals surface area (Å²) in [5, 5.41) is 0. The summed E-state index contributed by atoms with van der Waals surface area (Å²) in [5.41, 5.74) is 2.45. The van der Waals surface area contributed by atoms with Gasteiger partial charge in [-0.25, -0.2) is 4.57 Å². The largest absolute Gasteiger partial charge is 0.357 e. The molecule has 0 atom stereocenters. The molecule has 2 heteroatoms. The summed E-state index contributed by atoms with van der Waals surface area (Å²) in [6, 6.07) is 4.21. The van der Waals surface area contributed by atoms with Crippen LogP contribution in [0.5, 0.6) is 0 Å². The predicted molar refractivity (Wildman–Crippen MR) is 61.6 cm³/mol. The molecular weight excluding hydrogens is 184 g/mol. The average Bonchev–Trinajstić information content (AvgIpc) is 2.25. The third-order valence-electron chi connectivity index (χ3n) is 2.34. The van der Waals surface area contributed by atoms with E-state index in [-0.39, 0.29) is 0 Å². The monoisotopic (exact) mass is 199 g/mol. The van der Waals surface area contributed by atoms with Gasteiger partial charge in [0, 0.05) is 31.6 Å². The third-order valence-corrected chi connectivity index (χ3v) is 2.34. The molecule has 0 unspecified atom stereocenters. The lowest BCUT2D eigenvalue weighted by Gasteiger charge is -2.11. The van der Waals surface area contributed by atoms with Crippen molar-refractivity contribution in [2.75, 3.05) is 7.05 Å². The highest BCUT2D eigenvalue weighted by molar-refractivity contribution is 5.59. The van der Waals surface area contributed by atoms with Crippen LogP contribution in [0, 0.1) is 0 Å². The summed E-state index contributed by atoms with van der Waals surface area (Å²) < 4.78 is 2.03. The van der Waals surface area contributed by atoms with Crippen molar-refractivity contribution in [3.8, 4) is 0 Å². The molecular formula is C13H15N2+. The topological polar surface area (TPSA) is 7.12 Å².